The van der Waals surface area contributed by atoms with Crippen molar-refractivity contribution < 1.29 is 0 Å². The zero-order valence-electron chi connectivity index (χ0n) is 11.9. The van der Waals surface area contributed by atoms with E-state index in [9.17, 15) is 5.26 Å². The van der Waals surface area contributed by atoms with Crippen LogP contribution in [0, 0.1) is 17.2 Å². The molecule has 0 bridgehead atoms. The summed E-state index contributed by atoms with van der Waals surface area (Å²) >= 11 is 0. The summed E-state index contributed by atoms with van der Waals surface area (Å²) in [6.45, 7) is 2.33. The lowest BCUT2D eigenvalue weighted by molar-refractivity contribution is 0.298. The summed E-state index contributed by atoms with van der Waals surface area (Å²) in [5.74, 6) is 0.802. The van der Waals surface area contributed by atoms with Gasteiger partial charge in [0.05, 0.1) is 6.07 Å². The summed E-state index contributed by atoms with van der Waals surface area (Å²) in [5, 5.41) is 13.4. The van der Waals surface area contributed by atoms with Crippen LogP contribution in [-0.4, -0.2) is 11.6 Å². The van der Waals surface area contributed by atoms with Crippen molar-refractivity contribution in [1.82, 2.24) is 5.32 Å². The van der Waals surface area contributed by atoms with Gasteiger partial charge in [-0.2, -0.15) is 5.26 Å². The molecule has 2 atom stereocenters. The maximum absolute atomic E-state index is 9.64. The van der Waals surface area contributed by atoms with Crippen molar-refractivity contribution in [1.29, 1.82) is 5.26 Å². The molecule has 0 amide bonds. The van der Waals surface area contributed by atoms with E-state index in [1.54, 1.807) is 0 Å². The number of nitriles is 1. The van der Waals surface area contributed by atoms with E-state index in [0.717, 1.165) is 18.8 Å². The Bertz CT molecular complexity index is 286. The van der Waals surface area contributed by atoms with Crippen molar-refractivity contribution in [2.75, 3.05) is 0 Å². The maximum Gasteiger partial charge on any atom is 0.106 e. The van der Waals surface area contributed by atoms with Crippen LogP contribution in [0.15, 0.2) is 0 Å². The standard InChI is InChI=1S/C16H28N2/c1-14-7-6-11-16(13-17,12-10-14)18-15-8-4-2-3-5-9-15/h14-15,18H,2-12H2,1H3. The highest BCUT2D eigenvalue weighted by Gasteiger charge is 2.34. The highest BCUT2D eigenvalue weighted by molar-refractivity contribution is 5.09. The normalized spacial score (nSPS) is 35.4. The van der Waals surface area contributed by atoms with E-state index in [2.05, 4.69) is 18.3 Å². The maximum atomic E-state index is 9.64. The molecular weight excluding hydrogens is 220 g/mol. The second-order valence-electron chi connectivity index (χ2n) is 6.56. The average Bonchev–Trinajstić information content (AvgIpc) is 2.72. The smallest absolute Gasteiger partial charge is 0.106 e. The third-order valence-corrected chi connectivity index (χ3v) is 4.91. The van der Waals surface area contributed by atoms with E-state index in [-0.39, 0.29) is 5.54 Å². The molecule has 2 unspecified atom stereocenters. The Labute approximate surface area is 112 Å². The molecule has 0 aromatic carbocycles. The van der Waals surface area contributed by atoms with Gasteiger partial charge < -0.3 is 0 Å². The number of nitrogens with one attached hydrogen (secondary N) is 1. The Balaban J connectivity index is 1.96. The van der Waals surface area contributed by atoms with Crippen molar-refractivity contribution >= 4 is 0 Å². The molecule has 2 rings (SSSR count). The molecule has 1 N–H and O–H groups in total. The Kier molecular flexibility index (Phi) is 5.06. The molecule has 0 aromatic heterocycles. The second-order valence-corrected chi connectivity index (χ2v) is 6.56. The van der Waals surface area contributed by atoms with Crippen LogP contribution in [0.25, 0.3) is 0 Å². The van der Waals surface area contributed by atoms with E-state index in [4.69, 9.17) is 0 Å². The highest BCUT2D eigenvalue weighted by atomic mass is 15.0. The quantitative estimate of drug-likeness (QED) is 0.745. The molecular formula is C16H28N2. The SMILES string of the molecule is CC1CCCC(C#N)(NC2CCCCCC2)CC1. The fourth-order valence-corrected chi connectivity index (χ4v) is 3.62. The minimum Gasteiger partial charge on any atom is -0.297 e. The first-order valence-corrected chi connectivity index (χ1v) is 7.93. The largest absolute Gasteiger partial charge is 0.297 e. The molecule has 2 fully saturated rings. The molecule has 2 aliphatic rings. The Morgan fingerprint density at radius 1 is 0.944 bits per heavy atom. The fourth-order valence-electron chi connectivity index (χ4n) is 3.62. The summed E-state index contributed by atoms with van der Waals surface area (Å²) in [6, 6.07) is 3.23. The van der Waals surface area contributed by atoms with Gasteiger partial charge in [-0.15, -0.1) is 0 Å². The Hall–Kier alpha value is -0.550. The first-order chi connectivity index (χ1) is 8.74. The zero-order chi connectivity index (χ0) is 12.8. The first-order valence-electron chi connectivity index (χ1n) is 7.93. The number of rotatable bonds is 2. The number of hydrogen-bond donors (Lipinski definition) is 1. The zero-order valence-corrected chi connectivity index (χ0v) is 11.9. The molecule has 0 aromatic rings. The minimum atomic E-state index is -0.209. The lowest BCUT2D eigenvalue weighted by Crippen LogP contribution is -2.49. The fraction of sp³-hybridized carbons (Fsp3) is 0.938. The molecule has 0 aliphatic heterocycles. The monoisotopic (exact) mass is 248 g/mol. The number of hydrogen-bond acceptors (Lipinski definition) is 2. The predicted octanol–water partition coefficient (Wildman–Crippen LogP) is 4.16. The summed E-state index contributed by atoms with van der Waals surface area (Å²) in [5.41, 5.74) is -0.209. The van der Waals surface area contributed by atoms with E-state index in [1.807, 2.05) is 0 Å². The van der Waals surface area contributed by atoms with E-state index < -0.39 is 0 Å². The van der Waals surface area contributed by atoms with Gasteiger partial charge in [0.2, 0.25) is 0 Å². The summed E-state index contributed by atoms with van der Waals surface area (Å²) in [4.78, 5) is 0. The van der Waals surface area contributed by atoms with E-state index in [0.29, 0.717) is 6.04 Å². The molecule has 102 valence electrons. The molecule has 2 heteroatoms. The molecule has 2 saturated carbocycles. The van der Waals surface area contributed by atoms with Crippen molar-refractivity contribution in [3.63, 3.8) is 0 Å². The van der Waals surface area contributed by atoms with E-state index >= 15 is 0 Å². The lowest BCUT2D eigenvalue weighted by atomic mass is 9.89. The topological polar surface area (TPSA) is 35.8 Å². The Morgan fingerprint density at radius 2 is 1.67 bits per heavy atom. The molecule has 2 nitrogen and oxygen atoms in total. The summed E-state index contributed by atoms with van der Waals surface area (Å²) in [7, 11) is 0. The average molecular weight is 248 g/mol. The third-order valence-electron chi connectivity index (χ3n) is 4.91. The van der Waals surface area contributed by atoms with Gasteiger partial charge in [0.15, 0.2) is 0 Å². The Morgan fingerprint density at radius 3 is 2.33 bits per heavy atom. The molecule has 0 heterocycles. The van der Waals surface area contributed by atoms with Gasteiger partial charge in [-0.1, -0.05) is 45.4 Å². The van der Waals surface area contributed by atoms with Gasteiger partial charge in [-0.05, 0) is 38.0 Å². The highest BCUT2D eigenvalue weighted by Crippen LogP contribution is 2.31. The summed E-state index contributed by atoms with van der Waals surface area (Å²) in [6.07, 6.45) is 13.9. The van der Waals surface area contributed by atoms with Gasteiger partial charge in [-0.25, -0.2) is 0 Å². The van der Waals surface area contributed by atoms with Gasteiger partial charge in [0.1, 0.15) is 5.54 Å². The minimum absolute atomic E-state index is 0.209. The molecule has 18 heavy (non-hydrogen) atoms. The lowest BCUT2D eigenvalue weighted by Gasteiger charge is -2.31. The van der Waals surface area contributed by atoms with Crippen LogP contribution < -0.4 is 5.32 Å². The van der Waals surface area contributed by atoms with Gasteiger partial charge in [0, 0.05) is 6.04 Å². The van der Waals surface area contributed by atoms with Gasteiger partial charge >= 0.3 is 0 Å². The van der Waals surface area contributed by atoms with Crippen LogP contribution in [0.3, 0.4) is 0 Å². The summed E-state index contributed by atoms with van der Waals surface area (Å²) < 4.78 is 0. The van der Waals surface area contributed by atoms with Crippen molar-refractivity contribution in [3.05, 3.63) is 0 Å². The third kappa shape index (κ3) is 3.72. The predicted molar refractivity (Wildman–Crippen MR) is 75.2 cm³/mol. The van der Waals surface area contributed by atoms with Crippen molar-refractivity contribution in [2.45, 2.75) is 89.1 Å². The molecule has 0 radical (unpaired) electrons. The molecule has 0 spiro atoms. The molecule has 0 saturated heterocycles. The first kappa shape index (κ1) is 13.9. The van der Waals surface area contributed by atoms with Crippen LogP contribution in [0.2, 0.25) is 0 Å². The van der Waals surface area contributed by atoms with Gasteiger partial charge in [-0.3, -0.25) is 5.32 Å². The van der Waals surface area contributed by atoms with Crippen LogP contribution in [0.4, 0.5) is 0 Å². The van der Waals surface area contributed by atoms with Crippen molar-refractivity contribution in [3.8, 4) is 6.07 Å². The van der Waals surface area contributed by atoms with E-state index in [1.165, 1.54) is 57.8 Å². The van der Waals surface area contributed by atoms with Crippen LogP contribution >= 0.6 is 0 Å². The van der Waals surface area contributed by atoms with Crippen LogP contribution in [0.5, 0.6) is 0 Å². The number of nitrogens with zero attached hydrogens (tertiary/aromatic N) is 1. The van der Waals surface area contributed by atoms with Crippen LogP contribution in [-0.2, 0) is 0 Å². The van der Waals surface area contributed by atoms with Crippen molar-refractivity contribution in [2.24, 2.45) is 5.92 Å². The second kappa shape index (κ2) is 6.57. The van der Waals surface area contributed by atoms with Crippen LogP contribution in [0.1, 0.15) is 77.6 Å². The molecule has 2 aliphatic carbocycles. The van der Waals surface area contributed by atoms with Gasteiger partial charge in [0.25, 0.3) is 0 Å².